The lowest BCUT2D eigenvalue weighted by Gasteiger charge is -2.35. The fourth-order valence-corrected chi connectivity index (χ4v) is 3.69. The van der Waals surface area contributed by atoms with E-state index < -0.39 is 0 Å². The second-order valence-corrected chi connectivity index (χ2v) is 7.06. The maximum atomic E-state index is 11.9. The van der Waals surface area contributed by atoms with Crippen LogP contribution in [0.2, 0.25) is 0 Å². The van der Waals surface area contributed by atoms with E-state index in [9.17, 15) is 9.59 Å². The average molecular weight is 499 g/mol. The Balaban J connectivity index is 0.00000280. The van der Waals surface area contributed by atoms with Gasteiger partial charge in [0.05, 0.1) is 0 Å². The number of nitrogens with one attached hydrogen (secondary N) is 2. The third-order valence-electron chi connectivity index (χ3n) is 5.12. The fourth-order valence-electron chi connectivity index (χ4n) is 3.69. The average Bonchev–Trinajstić information content (AvgIpc) is 2.70. The summed E-state index contributed by atoms with van der Waals surface area (Å²) in [5.74, 6) is 0.579. The number of para-hydroxylation sites is 1. The number of rotatable bonds is 5. The molecule has 8 heteroatoms. The van der Waals surface area contributed by atoms with Gasteiger partial charge in [0, 0.05) is 57.8 Å². The molecule has 1 aromatic rings. The first kappa shape index (κ1) is 22.4. The highest BCUT2D eigenvalue weighted by atomic mass is 127. The third kappa shape index (κ3) is 6.08. The second-order valence-electron chi connectivity index (χ2n) is 7.06. The summed E-state index contributed by atoms with van der Waals surface area (Å²) in [7, 11) is 1.74. The molecule has 2 aliphatic heterocycles. The smallest absolute Gasteiger partial charge is 0.229 e. The van der Waals surface area contributed by atoms with E-state index in [1.807, 2.05) is 6.07 Å². The molecule has 2 saturated heterocycles. The molecule has 1 unspecified atom stereocenters. The van der Waals surface area contributed by atoms with E-state index >= 15 is 0 Å². The Morgan fingerprint density at radius 1 is 1.14 bits per heavy atom. The summed E-state index contributed by atoms with van der Waals surface area (Å²) < 4.78 is 0. The molecule has 154 valence electrons. The minimum absolute atomic E-state index is 0. The Labute approximate surface area is 184 Å². The maximum Gasteiger partial charge on any atom is 0.229 e. The SMILES string of the molecule is CN=C(NCCN1C(=O)CCCC1=O)NC1CCCN(c2ccccc2)C1.I. The second kappa shape index (κ2) is 11.2. The molecule has 0 aromatic heterocycles. The summed E-state index contributed by atoms with van der Waals surface area (Å²) >= 11 is 0. The van der Waals surface area contributed by atoms with Crippen LogP contribution in [-0.2, 0) is 9.59 Å². The molecule has 2 amide bonds. The molecule has 0 radical (unpaired) electrons. The van der Waals surface area contributed by atoms with Gasteiger partial charge >= 0.3 is 0 Å². The summed E-state index contributed by atoms with van der Waals surface area (Å²) in [4.78, 5) is 31.8. The number of carbonyl (C=O) groups excluding carboxylic acids is 2. The van der Waals surface area contributed by atoms with Gasteiger partial charge in [-0.15, -0.1) is 24.0 Å². The third-order valence-corrected chi connectivity index (χ3v) is 5.12. The molecular formula is C20H30IN5O2. The number of carbonyl (C=O) groups is 2. The minimum Gasteiger partial charge on any atom is -0.369 e. The van der Waals surface area contributed by atoms with Gasteiger partial charge in [-0.2, -0.15) is 0 Å². The number of anilines is 1. The Kier molecular flexibility index (Phi) is 9.01. The quantitative estimate of drug-likeness (QED) is 0.281. The Hall–Kier alpha value is -1.84. The Bertz CT molecular complexity index is 666. The maximum absolute atomic E-state index is 11.9. The highest BCUT2D eigenvalue weighted by molar-refractivity contribution is 14.0. The van der Waals surface area contributed by atoms with Gasteiger partial charge in [0.2, 0.25) is 11.8 Å². The van der Waals surface area contributed by atoms with Crippen LogP contribution in [0.1, 0.15) is 32.1 Å². The first-order valence-corrected chi connectivity index (χ1v) is 9.78. The van der Waals surface area contributed by atoms with Gasteiger partial charge in [-0.1, -0.05) is 18.2 Å². The lowest BCUT2D eigenvalue weighted by molar-refractivity contribution is -0.147. The van der Waals surface area contributed by atoms with Crippen LogP contribution in [0.3, 0.4) is 0 Å². The van der Waals surface area contributed by atoms with E-state index in [0.717, 1.165) is 25.9 Å². The monoisotopic (exact) mass is 499 g/mol. The summed E-state index contributed by atoms with van der Waals surface area (Å²) in [6.07, 6.45) is 3.82. The molecule has 2 aliphatic rings. The van der Waals surface area contributed by atoms with Gasteiger partial charge in [0.1, 0.15) is 0 Å². The summed E-state index contributed by atoms with van der Waals surface area (Å²) in [6, 6.07) is 10.8. The van der Waals surface area contributed by atoms with Crippen molar-refractivity contribution < 1.29 is 9.59 Å². The Morgan fingerprint density at radius 2 is 1.86 bits per heavy atom. The topological polar surface area (TPSA) is 77.0 Å². The molecule has 2 fully saturated rings. The molecular weight excluding hydrogens is 469 g/mol. The van der Waals surface area contributed by atoms with Gasteiger partial charge < -0.3 is 15.5 Å². The first-order valence-electron chi connectivity index (χ1n) is 9.78. The first-order chi connectivity index (χ1) is 13.2. The van der Waals surface area contributed by atoms with E-state index in [2.05, 4.69) is 44.8 Å². The van der Waals surface area contributed by atoms with Gasteiger partial charge in [-0.05, 0) is 31.4 Å². The van der Waals surface area contributed by atoms with Crippen LogP contribution in [0.25, 0.3) is 0 Å². The van der Waals surface area contributed by atoms with Gasteiger partial charge in [0.25, 0.3) is 0 Å². The summed E-state index contributed by atoms with van der Waals surface area (Å²) in [5, 5.41) is 6.71. The molecule has 7 nitrogen and oxygen atoms in total. The largest absolute Gasteiger partial charge is 0.369 e. The number of amides is 2. The number of likely N-dealkylation sites (tertiary alicyclic amines) is 1. The number of hydrogen-bond acceptors (Lipinski definition) is 4. The molecule has 1 atom stereocenters. The van der Waals surface area contributed by atoms with Crippen LogP contribution >= 0.6 is 24.0 Å². The molecule has 2 heterocycles. The van der Waals surface area contributed by atoms with E-state index in [1.54, 1.807) is 7.05 Å². The van der Waals surface area contributed by atoms with Crippen molar-refractivity contribution in [1.82, 2.24) is 15.5 Å². The van der Waals surface area contributed by atoms with E-state index in [1.165, 1.54) is 10.6 Å². The predicted octanol–water partition coefficient (Wildman–Crippen LogP) is 1.98. The standard InChI is InChI=1S/C20H29N5O2.HI/c1-21-20(22-12-14-25-18(26)10-5-11-19(25)27)23-16-7-6-13-24(15-16)17-8-3-2-4-9-17;/h2-4,8-9,16H,5-7,10-15H2,1H3,(H2,21,22,23);1H. The van der Waals surface area contributed by atoms with Gasteiger partial charge in [-0.3, -0.25) is 19.5 Å². The lowest BCUT2D eigenvalue weighted by Crippen LogP contribution is -2.52. The van der Waals surface area contributed by atoms with Crippen molar-refractivity contribution >= 4 is 47.4 Å². The van der Waals surface area contributed by atoms with Crippen molar-refractivity contribution in [3.8, 4) is 0 Å². The fraction of sp³-hybridized carbons (Fsp3) is 0.550. The molecule has 2 N–H and O–H groups in total. The van der Waals surface area contributed by atoms with Crippen molar-refractivity contribution in [3.63, 3.8) is 0 Å². The zero-order chi connectivity index (χ0) is 19.1. The van der Waals surface area contributed by atoms with Crippen molar-refractivity contribution in [1.29, 1.82) is 0 Å². The minimum atomic E-state index is -0.0678. The molecule has 0 aliphatic carbocycles. The highest BCUT2D eigenvalue weighted by Crippen LogP contribution is 2.19. The van der Waals surface area contributed by atoms with Gasteiger partial charge in [0.15, 0.2) is 5.96 Å². The van der Waals surface area contributed by atoms with E-state index in [4.69, 9.17) is 0 Å². The Morgan fingerprint density at radius 3 is 2.54 bits per heavy atom. The number of nitrogens with zero attached hydrogens (tertiary/aromatic N) is 3. The highest BCUT2D eigenvalue weighted by Gasteiger charge is 2.25. The number of imide groups is 1. The van der Waals surface area contributed by atoms with E-state index in [0.29, 0.717) is 44.4 Å². The van der Waals surface area contributed by atoms with Crippen LogP contribution in [0.5, 0.6) is 0 Å². The molecule has 3 rings (SSSR count). The van der Waals surface area contributed by atoms with Crippen LogP contribution in [0.15, 0.2) is 35.3 Å². The van der Waals surface area contributed by atoms with Crippen LogP contribution in [-0.4, -0.2) is 61.9 Å². The van der Waals surface area contributed by atoms with E-state index in [-0.39, 0.29) is 35.8 Å². The van der Waals surface area contributed by atoms with Gasteiger partial charge in [-0.25, -0.2) is 0 Å². The molecule has 0 saturated carbocycles. The number of guanidine groups is 1. The van der Waals surface area contributed by atoms with Crippen molar-refractivity contribution in [2.75, 3.05) is 38.1 Å². The number of benzene rings is 1. The molecule has 0 bridgehead atoms. The van der Waals surface area contributed by atoms with Crippen molar-refractivity contribution in [3.05, 3.63) is 30.3 Å². The zero-order valence-corrected chi connectivity index (χ0v) is 18.7. The number of hydrogen-bond donors (Lipinski definition) is 2. The predicted molar refractivity (Wildman–Crippen MR) is 122 cm³/mol. The van der Waals surface area contributed by atoms with Crippen LogP contribution in [0.4, 0.5) is 5.69 Å². The lowest BCUT2D eigenvalue weighted by atomic mass is 10.1. The van der Waals surface area contributed by atoms with Crippen LogP contribution in [0, 0.1) is 0 Å². The summed E-state index contributed by atoms with van der Waals surface area (Å²) in [5.41, 5.74) is 1.24. The number of aliphatic imine (C=N–C) groups is 1. The zero-order valence-electron chi connectivity index (χ0n) is 16.4. The van der Waals surface area contributed by atoms with Crippen LogP contribution < -0.4 is 15.5 Å². The van der Waals surface area contributed by atoms with Crippen molar-refractivity contribution in [2.45, 2.75) is 38.1 Å². The molecule has 28 heavy (non-hydrogen) atoms. The number of piperidine rings is 2. The summed E-state index contributed by atoms with van der Waals surface area (Å²) in [6.45, 7) is 2.88. The number of halogens is 1. The molecule has 1 aromatic carbocycles. The van der Waals surface area contributed by atoms with Crippen molar-refractivity contribution in [2.24, 2.45) is 4.99 Å². The molecule has 0 spiro atoms. The normalized spacial score (nSPS) is 20.6.